The number of hydrogen-bond acceptors (Lipinski definition) is 2. The van der Waals surface area contributed by atoms with Gasteiger partial charge in [0, 0.05) is 0 Å². The van der Waals surface area contributed by atoms with E-state index >= 15 is 0 Å². The molecule has 2 rings (SSSR count). The summed E-state index contributed by atoms with van der Waals surface area (Å²) >= 11 is 0. The molecule has 0 aromatic heterocycles. The Balaban J connectivity index is 2.34. The van der Waals surface area contributed by atoms with Gasteiger partial charge in [-0.05, 0) is 55.8 Å². The Bertz CT molecular complexity index is 428. The molecule has 1 saturated carbocycles. The van der Waals surface area contributed by atoms with Crippen LogP contribution in [-0.4, -0.2) is 22.3 Å². The van der Waals surface area contributed by atoms with Crippen molar-refractivity contribution >= 4 is 5.97 Å². The largest absolute Gasteiger partial charge is 0.481 e. The van der Waals surface area contributed by atoms with Crippen LogP contribution in [-0.2, 0) is 4.79 Å². The molecule has 0 heterocycles. The summed E-state index contributed by atoms with van der Waals surface area (Å²) in [5, 5.41) is 19.4. The van der Waals surface area contributed by atoms with Crippen LogP contribution in [0.1, 0.15) is 66.2 Å². The minimum absolute atomic E-state index is 0.123. The lowest BCUT2D eigenvalue weighted by Crippen LogP contribution is -2.42. The normalized spacial score (nSPS) is 36.6. The first kappa shape index (κ1) is 16.5. The number of hydrogen-bond donors (Lipinski definition) is 2. The summed E-state index contributed by atoms with van der Waals surface area (Å²) in [6.07, 6.45) is 5.62. The first-order valence-corrected chi connectivity index (χ1v) is 8.40. The highest BCUT2D eigenvalue weighted by molar-refractivity contribution is 5.72. The quantitative estimate of drug-likeness (QED) is 0.773. The van der Waals surface area contributed by atoms with Gasteiger partial charge in [-0.1, -0.05) is 38.8 Å². The molecule has 1 fully saturated rings. The topological polar surface area (TPSA) is 57.5 Å². The van der Waals surface area contributed by atoms with Gasteiger partial charge < -0.3 is 10.2 Å². The summed E-state index contributed by atoms with van der Waals surface area (Å²) in [6, 6.07) is 0. The van der Waals surface area contributed by atoms with E-state index in [1.54, 1.807) is 0 Å². The van der Waals surface area contributed by atoms with Crippen molar-refractivity contribution in [2.24, 2.45) is 23.2 Å². The Morgan fingerprint density at radius 3 is 2.29 bits per heavy atom. The van der Waals surface area contributed by atoms with Crippen molar-refractivity contribution in [1.82, 2.24) is 0 Å². The van der Waals surface area contributed by atoms with E-state index < -0.39 is 5.97 Å². The number of rotatable bonds is 3. The summed E-state index contributed by atoms with van der Waals surface area (Å²) in [5.74, 6) is -0.264. The van der Waals surface area contributed by atoms with Crippen LogP contribution in [0.3, 0.4) is 0 Å². The van der Waals surface area contributed by atoms with Crippen molar-refractivity contribution in [3.63, 3.8) is 0 Å². The third-order valence-electron chi connectivity index (χ3n) is 5.79. The molecule has 2 aliphatic rings. The molecular formula is C18H30O3. The van der Waals surface area contributed by atoms with Crippen LogP contribution in [0.4, 0.5) is 0 Å². The van der Waals surface area contributed by atoms with Crippen LogP contribution in [0.25, 0.3) is 0 Å². The third-order valence-corrected chi connectivity index (χ3v) is 5.79. The van der Waals surface area contributed by atoms with Gasteiger partial charge in [-0.25, -0.2) is 0 Å². The standard InChI is InChI=1S/C18H30O3/c1-5-14-11(2)16(17(20)21)18(3,4)10-15(14)12-6-8-13(19)9-7-12/h11-13,16,19H,5-10H2,1-4H3,(H,20,21)/t11-,12?,13?,16-/m0/s1. The van der Waals surface area contributed by atoms with Crippen molar-refractivity contribution in [3.05, 3.63) is 11.1 Å². The lowest BCUT2D eigenvalue weighted by atomic mass is 9.59. The highest BCUT2D eigenvalue weighted by Crippen LogP contribution is 2.51. The molecule has 0 radical (unpaired) electrons. The molecule has 0 unspecified atom stereocenters. The molecule has 2 N–H and O–H groups in total. The van der Waals surface area contributed by atoms with Crippen molar-refractivity contribution in [3.8, 4) is 0 Å². The average molecular weight is 294 g/mol. The molecule has 0 aliphatic heterocycles. The number of allylic oxidation sites excluding steroid dienone is 2. The van der Waals surface area contributed by atoms with E-state index in [0.29, 0.717) is 5.92 Å². The first-order valence-electron chi connectivity index (χ1n) is 8.40. The number of carboxylic acids is 1. The molecule has 0 spiro atoms. The molecule has 0 bridgehead atoms. The van der Waals surface area contributed by atoms with E-state index in [4.69, 9.17) is 0 Å². The van der Waals surface area contributed by atoms with E-state index in [2.05, 4.69) is 27.7 Å². The van der Waals surface area contributed by atoms with Crippen molar-refractivity contribution in [2.75, 3.05) is 0 Å². The number of carbonyl (C=O) groups is 1. The van der Waals surface area contributed by atoms with Crippen LogP contribution in [0.2, 0.25) is 0 Å². The fourth-order valence-electron chi connectivity index (χ4n) is 4.81. The molecule has 3 heteroatoms. The second-order valence-corrected chi connectivity index (χ2v) is 7.68. The van der Waals surface area contributed by atoms with E-state index in [0.717, 1.165) is 38.5 Å². The van der Waals surface area contributed by atoms with Crippen LogP contribution in [0.15, 0.2) is 11.1 Å². The number of aliphatic hydroxyl groups excluding tert-OH is 1. The monoisotopic (exact) mass is 294 g/mol. The summed E-state index contributed by atoms with van der Waals surface area (Å²) in [5.41, 5.74) is 2.71. The Kier molecular flexibility index (Phi) is 4.82. The molecule has 0 saturated heterocycles. The maximum atomic E-state index is 11.7. The highest BCUT2D eigenvalue weighted by Gasteiger charge is 2.46. The zero-order valence-corrected chi connectivity index (χ0v) is 13.9. The highest BCUT2D eigenvalue weighted by atomic mass is 16.4. The van der Waals surface area contributed by atoms with Crippen molar-refractivity contribution < 1.29 is 15.0 Å². The second kappa shape index (κ2) is 6.12. The summed E-state index contributed by atoms with van der Waals surface area (Å²) in [6.45, 7) is 8.45. The second-order valence-electron chi connectivity index (χ2n) is 7.68. The Hall–Kier alpha value is -0.830. The summed E-state index contributed by atoms with van der Waals surface area (Å²) < 4.78 is 0. The molecule has 2 aliphatic carbocycles. The maximum absolute atomic E-state index is 11.7. The smallest absolute Gasteiger partial charge is 0.307 e. The van der Waals surface area contributed by atoms with Crippen molar-refractivity contribution in [1.29, 1.82) is 0 Å². The van der Waals surface area contributed by atoms with Crippen LogP contribution in [0.5, 0.6) is 0 Å². The van der Waals surface area contributed by atoms with Crippen LogP contribution in [0, 0.1) is 23.2 Å². The number of carboxylic acid groups (broad SMARTS) is 1. The molecule has 2 atom stereocenters. The molecule has 0 aromatic rings. The lowest BCUT2D eigenvalue weighted by molar-refractivity contribution is -0.148. The predicted octanol–water partition coefficient (Wildman–Crippen LogP) is 4.01. The molecule has 21 heavy (non-hydrogen) atoms. The fraction of sp³-hybridized carbons (Fsp3) is 0.833. The minimum atomic E-state index is -0.656. The SMILES string of the molecule is CCC1=C(C2CCC(O)CC2)CC(C)(C)[C@H](C(=O)O)[C@H]1C. The van der Waals surface area contributed by atoms with E-state index in [-0.39, 0.29) is 23.4 Å². The average Bonchev–Trinajstić information content (AvgIpc) is 2.37. The minimum Gasteiger partial charge on any atom is -0.481 e. The predicted molar refractivity (Wildman–Crippen MR) is 84.0 cm³/mol. The molecule has 120 valence electrons. The Labute approximate surface area is 128 Å². The van der Waals surface area contributed by atoms with Gasteiger partial charge in [0.05, 0.1) is 12.0 Å². The molecule has 0 aromatic carbocycles. The van der Waals surface area contributed by atoms with Crippen molar-refractivity contribution in [2.45, 2.75) is 72.3 Å². The third kappa shape index (κ3) is 3.18. The van der Waals surface area contributed by atoms with Gasteiger partial charge in [0.15, 0.2) is 0 Å². The zero-order valence-electron chi connectivity index (χ0n) is 13.9. The van der Waals surface area contributed by atoms with E-state index in [1.165, 1.54) is 11.1 Å². The molecule has 3 nitrogen and oxygen atoms in total. The number of aliphatic hydroxyl groups is 1. The van der Waals surface area contributed by atoms with Crippen LogP contribution >= 0.6 is 0 Å². The molecular weight excluding hydrogens is 264 g/mol. The van der Waals surface area contributed by atoms with Crippen LogP contribution < -0.4 is 0 Å². The first-order chi connectivity index (χ1) is 9.77. The van der Waals surface area contributed by atoms with Gasteiger partial charge in [-0.3, -0.25) is 4.79 Å². The van der Waals surface area contributed by atoms with Gasteiger partial charge >= 0.3 is 5.97 Å². The van der Waals surface area contributed by atoms with Gasteiger partial charge in [0.1, 0.15) is 0 Å². The Morgan fingerprint density at radius 2 is 1.81 bits per heavy atom. The van der Waals surface area contributed by atoms with E-state index in [9.17, 15) is 15.0 Å². The van der Waals surface area contributed by atoms with Gasteiger partial charge in [-0.15, -0.1) is 0 Å². The van der Waals surface area contributed by atoms with Gasteiger partial charge in [-0.2, -0.15) is 0 Å². The summed E-state index contributed by atoms with van der Waals surface area (Å²) in [7, 11) is 0. The fourth-order valence-corrected chi connectivity index (χ4v) is 4.81. The Morgan fingerprint density at radius 1 is 1.24 bits per heavy atom. The maximum Gasteiger partial charge on any atom is 0.307 e. The van der Waals surface area contributed by atoms with Gasteiger partial charge in [0.2, 0.25) is 0 Å². The number of aliphatic carboxylic acids is 1. The molecule has 0 amide bonds. The zero-order chi connectivity index (χ0) is 15.8. The van der Waals surface area contributed by atoms with Gasteiger partial charge in [0.25, 0.3) is 0 Å². The lowest BCUT2D eigenvalue weighted by Gasteiger charge is -2.45. The van der Waals surface area contributed by atoms with E-state index in [1.807, 2.05) is 0 Å². The summed E-state index contributed by atoms with van der Waals surface area (Å²) in [4.78, 5) is 11.7.